The minimum absolute atomic E-state index is 0.137. The molecule has 0 spiro atoms. The van der Waals surface area contributed by atoms with Crippen molar-refractivity contribution in [3.8, 4) is 17.0 Å². The van der Waals surface area contributed by atoms with Gasteiger partial charge in [-0.1, -0.05) is 0 Å². The van der Waals surface area contributed by atoms with Gasteiger partial charge in [0.25, 0.3) is 5.91 Å². The zero-order chi connectivity index (χ0) is 15.1. The van der Waals surface area contributed by atoms with Crippen molar-refractivity contribution in [3.63, 3.8) is 0 Å². The molecule has 20 heavy (non-hydrogen) atoms. The molecule has 106 valence electrons. The second-order valence-electron chi connectivity index (χ2n) is 5.60. The predicted octanol–water partition coefficient (Wildman–Crippen LogP) is 1.69. The molecular weight excluding hydrogens is 256 g/mol. The fourth-order valence-corrected chi connectivity index (χ4v) is 2.01. The Morgan fingerprint density at radius 2 is 1.80 bits per heavy atom. The lowest BCUT2D eigenvalue weighted by Gasteiger charge is -2.20. The summed E-state index contributed by atoms with van der Waals surface area (Å²) in [6, 6.07) is 6.37. The van der Waals surface area contributed by atoms with Crippen molar-refractivity contribution < 1.29 is 9.90 Å². The molecule has 6 nitrogen and oxygen atoms in total. The fraction of sp³-hybridized carbons (Fsp3) is 0.286. The molecule has 0 aliphatic carbocycles. The number of nitrogen functional groups attached to an aromatic ring is 1. The van der Waals surface area contributed by atoms with Crippen LogP contribution in [-0.2, 0) is 5.54 Å². The number of phenolic OH excluding ortho intramolecular Hbond substituents is 1. The first kappa shape index (κ1) is 13.9. The number of hydrogen-bond donors (Lipinski definition) is 3. The molecule has 1 aromatic carbocycles. The largest absolute Gasteiger partial charge is 0.508 e. The number of phenols is 1. The highest BCUT2D eigenvalue weighted by Crippen LogP contribution is 2.31. The molecule has 0 unspecified atom stereocenters. The lowest BCUT2D eigenvalue weighted by atomic mass is 10.1. The molecule has 0 saturated carbocycles. The van der Waals surface area contributed by atoms with E-state index in [1.807, 2.05) is 20.8 Å². The molecule has 5 N–H and O–H groups in total. The fourth-order valence-electron chi connectivity index (χ4n) is 2.01. The summed E-state index contributed by atoms with van der Waals surface area (Å²) in [4.78, 5) is 11.7. The Hall–Kier alpha value is -2.50. The summed E-state index contributed by atoms with van der Waals surface area (Å²) in [7, 11) is 0. The molecule has 2 rings (SSSR count). The standard InChI is InChI=1S/C14H18N4O2/c1-14(2,3)18-12(15)10(13(16)20)11(17-18)8-4-6-9(19)7-5-8/h4-7,19H,15H2,1-3H3,(H2,16,20). The lowest BCUT2D eigenvalue weighted by Crippen LogP contribution is -2.25. The van der Waals surface area contributed by atoms with Gasteiger partial charge in [-0.25, -0.2) is 4.68 Å². The smallest absolute Gasteiger partial charge is 0.254 e. The van der Waals surface area contributed by atoms with Gasteiger partial charge in [0.15, 0.2) is 0 Å². The van der Waals surface area contributed by atoms with Gasteiger partial charge in [0, 0.05) is 5.56 Å². The minimum Gasteiger partial charge on any atom is -0.508 e. The number of nitrogens with two attached hydrogens (primary N) is 2. The molecule has 0 fully saturated rings. The van der Waals surface area contributed by atoms with E-state index in [1.165, 1.54) is 12.1 Å². The second-order valence-corrected chi connectivity index (χ2v) is 5.60. The first-order valence-electron chi connectivity index (χ1n) is 6.20. The predicted molar refractivity (Wildman–Crippen MR) is 77.3 cm³/mol. The zero-order valence-corrected chi connectivity index (χ0v) is 11.7. The molecule has 0 atom stereocenters. The van der Waals surface area contributed by atoms with Crippen molar-refractivity contribution in [3.05, 3.63) is 29.8 Å². The third-order valence-electron chi connectivity index (χ3n) is 2.94. The summed E-state index contributed by atoms with van der Waals surface area (Å²) in [5.74, 6) is -0.244. The van der Waals surface area contributed by atoms with E-state index in [0.29, 0.717) is 11.3 Å². The van der Waals surface area contributed by atoms with Crippen LogP contribution in [-0.4, -0.2) is 20.8 Å². The monoisotopic (exact) mass is 274 g/mol. The van der Waals surface area contributed by atoms with Gasteiger partial charge >= 0.3 is 0 Å². The molecule has 2 aromatic rings. The first-order chi connectivity index (χ1) is 9.21. The van der Waals surface area contributed by atoms with Crippen LogP contribution in [0.4, 0.5) is 5.82 Å². The number of aromatic hydroxyl groups is 1. The van der Waals surface area contributed by atoms with Crippen molar-refractivity contribution in [2.45, 2.75) is 26.3 Å². The topological polar surface area (TPSA) is 107 Å². The van der Waals surface area contributed by atoms with E-state index in [9.17, 15) is 9.90 Å². The highest BCUT2D eigenvalue weighted by atomic mass is 16.3. The van der Waals surface area contributed by atoms with Crippen molar-refractivity contribution in [1.29, 1.82) is 0 Å². The van der Waals surface area contributed by atoms with Gasteiger partial charge < -0.3 is 16.6 Å². The summed E-state index contributed by atoms with van der Waals surface area (Å²) in [5.41, 5.74) is 12.3. The Morgan fingerprint density at radius 3 is 2.25 bits per heavy atom. The third-order valence-corrected chi connectivity index (χ3v) is 2.94. The van der Waals surface area contributed by atoms with Gasteiger partial charge in [0.2, 0.25) is 0 Å². The number of carbonyl (C=O) groups excluding carboxylic acids is 1. The maximum atomic E-state index is 11.7. The molecule has 6 heteroatoms. The Balaban J connectivity index is 2.69. The quantitative estimate of drug-likeness (QED) is 0.774. The van der Waals surface area contributed by atoms with Crippen LogP contribution in [0.2, 0.25) is 0 Å². The van der Waals surface area contributed by atoms with Gasteiger partial charge in [-0.2, -0.15) is 5.10 Å². The Kier molecular flexibility index (Phi) is 3.17. The van der Waals surface area contributed by atoms with Crippen LogP contribution in [0.1, 0.15) is 31.1 Å². The van der Waals surface area contributed by atoms with Gasteiger partial charge in [-0.15, -0.1) is 0 Å². The summed E-state index contributed by atoms with van der Waals surface area (Å²) in [6.45, 7) is 5.80. The lowest BCUT2D eigenvalue weighted by molar-refractivity contribution is 0.100. The van der Waals surface area contributed by atoms with Crippen LogP contribution in [0.25, 0.3) is 11.3 Å². The van der Waals surface area contributed by atoms with Crippen LogP contribution in [0.3, 0.4) is 0 Å². The van der Waals surface area contributed by atoms with Crippen LogP contribution in [0.15, 0.2) is 24.3 Å². The molecular formula is C14H18N4O2. The summed E-state index contributed by atoms with van der Waals surface area (Å²) in [5, 5.41) is 13.7. The molecule has 1 amide bonds. The Bertz CT molecular complexity index is 651. The number of rotatable bonds is 2. The number of primary amides is 1. The number of anilines is 1. The highest BCUT2D eigenvalue weighted by Gasteiger charge is 2.26. The van der Waals surface area contributed by atoms with E-state index in [-0.39, 0.29) is 22.7 Å². The first-order valence-corrected chi connectivity index (χ1v) is 6.20. The molecule has 0 radical (unpaired) electrons. The summed E-state index contributed by atoms with van der Waals surface area (Å²) in [6.07, 6.45) is 0. The van der Waals surface area contributed by atoms with E-state index >= 15 is 0 Å². The zero-order valence-electron chi connectivity index (χ0n) is 11.7. The third kappa shape index (κ3) is 2.32. The number of aromatic nitrogens is 2. The van der Waals surface area contributed by atoms with Crippen LogP contribution >= 0.6 is 0 Å². The van der Waals surface area contributed by atoms with Gasteiger partial charge in [-0.3, -0.25) is 4.79 Å². The normalized spacial score (nSPS) is 11.6. The van der Waals surface area contributed by atoms with E-state index in [1.54, 1.807) is 16.8 Å². The number of amides is 1. The van der Waals surface area contributed by atoms with E-state index in [2.05, 4.69) is 5.10 Å². The van der Waals surface area contributed by atoms with Gasteiger partial charge in [0.05, 0.1) is 5.54 Å². The van der Waals surface area contributed by atoms with Gasteiger partial charge in [0.1, 0.15) is 22.8 Å². The molecule has 1 aromatic heterocycles. The number of hydrogen-bond acceptors (Lipinski definition) is 4. The van der Waals surface area contributed by atoms with E-state index < -0.39 is 5.91 Å². The van der Waals surface area contributed by atoms with Crippen LogP contribution in [0.5, 0.6) is 5.75 Å². The SMILES string of the molecule is CC(C)(C)n1nc(-c2ccc(O)cc2)c(C(N)=O)c1N. The molecule has 1 heterocycles. The van der Waals surface area contributed by atoms with E-state index in [0.717, 1.165) is 0 Å². The number of benzene rings is 1. The van der Waals surface area contributed by atoms with Crippen molar-refractivity contribution >= 4 is 11.7 Å². The van der Waals surface area contributed by atoms with Gasteiger partial charge in [-0.05, 0) is 45.0 Å². The summed E-state index contributed by atoms with van der Waals surface area (Å²) >= 11 is 0. The maximum absolute atomic E-state index is 11.7. The number of carbonyl (C=O) groups is 1. The molecule has 0 saturated heterocycles. The molecule has 0 aliphatic heterocycles. The maximum Gasteiger partial charge on any atom is 0.254 e. The second kappa shape index (κ2) is 4.56. The highest BCUT2D eigenvalue weighted by molar-refractivity contribution is 6.03. The van der Waals surface area contributed by atoms with Crippen molar-refractivity contribution in [2.75, 3.05) is 5.73 Å². The Labute approximate surface area is 117 Å². The van der Waals surface area contributed by atoms with Crippen LogP contribution in [0, 0.1) is 0 Å². The summed E-state index contributed by atoms with van der Waals surface area (Å²) < 4.78 is 1.58. The minimum atomic E-state index is -0.624. The van der Waals surface area contributed by atoms with Crippen molar-refractivity contribution in [2.24, 2.45) is 5.73 Å². The van der Waals surface area contributed by atoms with Crippen LogP contribution < -0.4 is 11.5 Å². The molecule has 0 aliphatic rings. The average Bonchev–Trinajstić information content (AvgIpc) is 2.67. The Morgan fingerprint density at radius 1 is 1.25 bits per heavy atom. The number of nitrogens with zero attached hydrogens (tertiary/aromatic N) is 2. The van der Waals surface area contributed by atoms with Crippen molar-refractivity contribution in [1.82, 2.24) is 9.78 Å². The van der Waals surface area contributed by atoms with E-state index in [4.69, 9.17) is 11.5 Å². The average molecular weight is 274 g/mol. The molecule has 0 bridgehead atoms.